The second-order valence-corrected chi connectivity index (χ2v) is 9.49. The van der Waals surface area contributed by atoms with Crippen molar-refractivity contribution < 1.29 is 18.0 Å². The number of pyridine rings is 1. The number of aromatic nitrogens is 1. The fourth-order valence-electron chi connectivity index (χ4n) is 3.61. The third kappa shape index (κ3) is 4.46. The summed E-state index contributed by atoms with van der Waals surface area (Å²) < 4.78 is 27.9. The number of nitrogens with zero attached hydrogens (tertiary/aromatic N) is 2. The number of imide groups is 1. The molecule has 8 heteroatoms. The van der Waals surface area contributed by atoms with Gasteiger partial charge in [-0.1, -0.05) is 49.4 Å². The van der Waals surface area contributed by atoms with Gasteiger partial charge in [-0.15, -0.1) is 0 Å². The number of carbonyl (C=O) groups is 2. The maximum atomic E-state index is 12.6. The van der Waals surface area contributed by atoms with Crippen LogP contribution in [0.1, 0.15) is 44.8 Å². The summed E-state index contributed by atoms with van der Waals surface area (Å²) in [6, 6.07) is 19.4. The highest BCUT2D eigenvalue weighted by Crippen LogP contribution is 2.21. The van der Waals surface area contributed by atoms with Crippen LogP contribution < -0.4 is 4.72 Å². The Morgan fingerprint density at radius 2 is 1.66 bits per heavy atom. The number of hydrogen-bond acceptors (Lipinski definition) is 5. The van der Waals surface area contributed by atoms with E-state index in [-0.39, 0.29) is 29.0 Å². The molecule has 2 heterocycles. The molecule has 1 atom stereocenters. The lowest BCUT2D eigenvalue weighted by molar-refractivity contribution is 0.0654. The number of rotatable bonds is 8. The summed E-state index contributed by atoms with van der Waals surface area (Å²) in [5.74, 6) is -0.713. The van der Waals surface area contributed by atoms with Crippen LogP contribution in [-0.2, 0) is 16.4 Å². The predicted octanol–water partition coefficient (Wildman–Crippen LogP) is 3.00. The molecule has 164 valence electrons. The SMILES string of the molecule is C[C@H](CNS(=O)(=O)c1ccc(CCN2C(=O)c3cccnc3C2=O)cc1)c1ccccc1. The van der Waals surface area contributed by atoms with Crippen molar-refractivity contribution in [2.75, 3.05) is 13.1 Å². The summed E-state index contributed by atoms with van der Waals surface area (Å²) in [6.45, 7) is 2.46. The maximum Gasteiger partial charge on any atom is 0.280 e. The van der Waals surface area contributed by atoms with Crippen molar-refractivity contribution in [3.63, 3.8) is 0 Å². The zero-order valence-corrected chi connectivity index (χ0v) is 18.4. The highest BCUT2D eigenvalue weighted by molar-refractivity contribution is 7.89. The van der Waals surface area contributed by atoms with Gasteiger partial charge >= 0.3 is 0 Å². The largest absolute Gasteiger partial charge is 0.280 e. The molecule has 1 N–H and O–H groups in total. The van der Waals surface area contributed by atoms with Gasteiger partial charge in [0.05, 0.1) is 10.5 Å². The van der Waals surface area contributed by atoms with Crippen molar-refractivity contribution in [3.05, 3.63) is 95.3 Å². The molecule has 0 radical (unpaired) electrons. The monoisotopic (exact) mass is 449 g/mol. The highest BCUT2D eigenvalue weighted by Gasteiger charge is 2.36. The molecule has 0 saturated heterocycles. The minimum Gasteiger partial charge on any atom is -0.273 e. The Kier molecular flexibility index (Phi) is 6.16. The molecular weight excluding hydrogens is 426 g/mol. The van der Waals surface area contributed by atoms with Crippen LogP contribution in [0.15, 0.2) is 77.8 Å². The Bertz CT molecular complexity index is 1210. The van der Waals surface area contributed by atoms with Gasteiger partial charge in [0.2, 0.25) is 10.0 Å². The van der Waals surface area contributed by atoms with Crippen LogP contribution in [0, 0.1) is 0 Å². The summed E-state index contributed by atoms with van der Waals surface area (Å²) in [5.41, 5.74) is 2.38. The third-order valence-electron chi connectivity index (χ3n) is 5.54. The molecular formula is C24H23N3O4S. The predicted molar refractivity (Wildman–Crippen MR) is 120 cm³/mol. The number of sulfonamides is 1. The van der Waals surface area contributed by atoms with E-state index in [1.54, 1.807) is 24.3 Å². The molecule has 2 aromatic carbocycles. The first-order valence-corrected chi connectivity index (χ1v) is 11.8. The van der Waals surface area contributed by atoms with Crippen molar-refractivity contribution in [3.8, 4) is 0 Å². The highest BCUT2D eigenvalue weighted by atomic mass is 32.2. The van der Waals surface area contributed by atoms with E-state index in [2.05, 4.69) is 9.71 Å². The summed E-state index contributed by atoms with van der Waals surface area (Å²) in [5, 5.41) is 0. The molecule has 32 heavy (non-hydrogen) atoms. The van der Waals surface area contributed by atoms with Crippen molar-refractivity contribution in [1.82, 2.24) is 14.6 Å². The Morgan fingerprint density at radius 1 is 0.938 bits per heavy atom. The van der Waals surface area contributed by atoms with E-state index in [4.69, 9.17) is 0 Å². The van der Waals surface area contributed by atoms with Gasteiger partial charge in [0.1, 0.15) is 5.69 Å². The smallest absolute Gasteiger partial charge is 0.273 e. The molecule has 7 nitrogen and oxygen atoms in total. The van der Waals surface area contributed by atoms with Gasteiger partial charge in [-0.3, -0.25) is 19.5 Å². The molecule has 1 aliphatic heterocycles. The van der Waals surface area contributed by atoms with Gasteiger partial charge in [-0.2, -0.15) is 0 Å². The van der Waals surface area contributed by atoms with Crippen LogP contribution in [0.3, 0.4) is 0 Å². The first kappa shape index (κ1) is 21.9. The first-order chi connectivity index (χ1) is 15.4. The van der Waals surface area contributed by atoms with Crippen molar-refractivity contribution in [1.29, 1.82) is 0 Å². The number of nitrogens with one attached hydrogen (secondary N) is 1. The van der Waals surface area contributed by atoms with E-state index < -0.39 is 15.9 Å². The molecule has 0 spiro atoms. The number of hydrogen-bond donors (Lipinski definition) is 1. The van der Waals surface area contributed by atoms with Gasteiger partial charge in [-0.05, 0) is 47.7 Å². The average molecular weight is 450 g/mol. The zero-order valence-electron chi connectivity index (χ0n) is 17.6. The maximum absolute atomic E-state index is 12.6. The molecule has 1 aliphatic rings. The quantitative estimate of drug-likeness (QED) is 0.534. The van der Waals surface area contributed by atoms with Crippen LogP contribution >= 0.6 is 0 Å². The lowest BCUT2D eigenvalue weighted by Crippen LogP contribution is -2.32. The van der Waals surface area contributed by atoms with Gasteiger partial charge in [-0.25, -0.2) is 13.1 Å². The summed E-state index contributed by atoms with van der Waals surface area (Å²) in [4.78, 5) is 30.2. The number of amides is 2. The van der Waals surface area contributed by atoms with Gasteiger partial charge in [0.25, 0.3) is 11.8 Å². The average Bonchev–Trinajstić information content (AvgIpc) is 3.07. The van der Waals surface area contributed by atoms with Crippen LogP contribution in [0.25, 0.3) is 0 Å². The lowest BCUT2D eigenvalue weighted by atomic mass is 10.0. The molecule has 0 saturated carbocycles. The third-order valence-corrected chi connectivity index (χ3v) is 6.98. The number of fused-ring (bicyclic) bond motifs is 1. The van der Waals surface area contributed by atoms with E-state index in [0.29, 0.717) is 18.5 Å². The van der Waals surface area contributed by atoms with Crippen LogP contribution in [0.5, 0.6) is 0 Å². The fourth-order valence-corrected chi connectivity index (χ4v) is 4.74. The van der Waals surface area contributed by atoms with E-state index >= 15 is 0 Å². The van der Waals surface area contributed by atoms with Crippen LogP contribution in [-0.4, -0.2) is 43.2 Å². The zero-order chi connectivity index (χ0) is 22.7. The molecule has 2 amide bonds. The van der Waals surface area contributed by atoms with Crippen molar-refractivity contribution in [2.45, 2.75) is 24.2 Å². The molecule has 0 bridgehead atoms. The Hall–Kier alpha value is -3.36. The van der Waals surface area contributed by atoms with E-state index in [0.717, 1.165) is 11.1 Å². The lowest BCUT2D eigenvalue weighted by Gasteiger charge is -2.15. The van der Waals surface area contributed by atoms with Crippen LogP contribution in [0.4, 0.5) is 0 Å². The number of carbonyl (C=O) groups excluding carboxylic acids is 2. The first-order valence-electron chi connectivity index (χ1n) is 10.3. The molecule has 3 aromatic rings. The second-order valence-electron chi connectivity index (χ2n) is 7.72. The molecule has 4 rings (SSSR count). The van der Waals surface area contributed by atoms with Crippen molar-refractivity contribution in [2.24, 2.45) is 0 Å². The summed E-state index contributed by atoms with van der Waals surface area (Å²) >= 11 is 0. The minimum absolute atomic E-state index is 0.0411. The second kappa shape index (κ2) is 9.02. The van der Waals surface area contributed by atoms with E-state index in [1.165, 1.54) is 23.2 Å². The Balaban J connectivity index is 1.36. The summed E-state index contributed by atoms with van der Waals surface area (Å²) in [7, 11) is -3.64. The normalized spacial score (nSPS) is 14.5. The fraction of sp³-hybridized carbons (Fsp3) is 0.208. The summed E-state index contributed by atoms with van der Waals surface area (Å²) in [6.07, 6.45) is 1.91. The van der Waals surface area contributed by atoms with E-state index in [1.807, 2.05) is 37.3 Å². The van der Waals surface area contributed by atoms with E-state index in [9.17, 15) is 18.0 Å². The molecule has 1 aromatic heterocycles. The van der Waals surface area contributed by atoms with Crippen molar-refractivity contribution >= 4 is 21.8 Å². The minimum atomic E-state index is -3.64. The Labute approximate surface area is 187 Å². The standard InChI is InChI=1S/C24H23N3O4S/c1-17(19-6-3-2-4-7-19)16-26-32(30,31)20-11-9-18(10-12-20)13-15-27-23(28)21-8-5-14-25-22(21)24(27)29/h2-12,14,17,26H,13,15-16H2,1H3/t17-/m1/s1. The number of benzene rings is 2. The molecule has 0 unspecified atom stereocenters. The topological polar surface area (TPSA) is 96.4 Å². The van der Waals surface area contributed by atoms with Crippen LogP contribution in [0.2, 0.25) is 0 Å². The van der Waals surface area contributed by atoms with Gasteiger partial charge < -0.3 is 0 Å². The Morgan fingerprint density at radius 3 is 2.34 bits per heavy atom. The molecule has 0 fully saturated rings. The van der Waals surface area contributed by atoms with Gasteiger partial charge in [0.15, 0.2) is 0 Å². The van der Waals surface area contributed by atoms with Gasteiger partial charge in [0, 0.05) is 19.3 Å². The molecule has 0 aliphatic carbocycles.